The Bertz CT molecular complexity index is 438. The summed E-state index contributed by atoms with van der Waals surface area (Å²) in [5, 5.41) is 16.7. The molecule has 0 saturated heterocycles. The van der Waals surface area contributed by atoms with Crippen LogP contribution in [0.3, 0.4) is 0 Å². The molecule has 1 aromatic rings. The fourth-order valence-electron chi connectivity index (χ4n) is 0.755. The summed E-state index contributed by atoms with van der Waals surface area (Å²) in [4.78, 5) is 3.79. The van der Waals surface area contributed by atoms with E-state index in [4.69, 9.17) is 10.5 Å². The fourth-order valence-corrected chi connectivity index (χ4v) is 0.755. The predicted molar refractivity (Wildman–Crippen MR) is 46.1 cm³/mol. The molecule has 0 bridgehead atoms. The first-order valence-corrected chi connectivity index (χ1v) is 3.59. The summed E-state index contributed by atoms with van der Waals surface area (Å²) in [7, 11) is 0. The van der Waals surface area contributed by atoms with Crippen LogP contribution >= 0.6 is 0 Å². The number of aromatic nitrogens is 1. The number of nitriles is 2. The highest BCUT2D eigenvalue weighted by molar-refractivity contribution is 5.37. The zero-order valence-corrected chi connectivity index (χ0v) is 6.78. The van der Waals surface area contributed by atoms with Crippen LogP contribution in [0.5, 0.6) is 0 Å². The molecule has 0 N–H and O–H groups in total. The van der Waals surface area contributed by atoms with Gasteiger partial charge in [0.05, 0.1) is 12.5 Å². The quantitative estimate of drug-likeness (QED) is 0.546. The molecule has 0 aliphatic carbocycles. The minimum absolute atomic E-state index is 0.199. The van der Waals surface area contributed by atoms with Gasteiger partial charge >= 0.3 is 0 Å². The van der Waals surface area contributed by atoms with Crippen molar-refractivity contribution < 1.29 is 0 Å². The molecule has 0 aliphatic rings. The Hall–Kier alpha value is -2.31. The van der Waals surface area contributed by atoms with Crippen LogP contribution in [0, 0.1) is 34.5 Å². The molecule has 0 fully saturated rings. The standard InChI is InChI=1S/C10H5N3/c11-5-2-1-3-9-4-6-13-10(7-9)8-12/h4,6-7H,2H2. The van der Waals surface area contributed by atoms with Crippen LogP contribution in [0.25, 0.3) is 0 Å². The van der Waals surface area contributed by atoms with Gasteiger partial charge in [-0.05, 0) is 12.1 Å². The van der Waals surface area contributed by atoms with Crippen molar-refractivity contribution in [2.75, 3.05) is 0 Å². The first-order valence-electron chi connectivity index (χ1n) is 3.59. The Morgan fingerprint density at radius 2 is 2.23 bits per heavy atom. The summed E-state index contributed by atoms with van der Waals surface area (Å²) < 4.78 is 0. The van der Waals surface area contributed by atoms with Gasteiger partial charge in [-0.1, -0.05) is 11.8 Å². The van der Waals surface area contributed by atoms with Crippen molar-refractivity contribution in [3.05, 3.63) is 29.6 Å². The summed E-state index contributed by atoms with van der Waals surface area (Å²) in [5.74, 6) is 5.41. The molecule has 0 aromatic carbocycles. The van der Waals surface area contributed by atoms with E-state index in [-0.39, 0.29) is 6.42 Å². The third kappa shape index (κ3) is 2.66. The highest BCUT2D eigenvalue weighted by atomic mass is 14.7. The van der Waals surface area contributed by atoms with Gasteiger partial charge in [-0.3, -0.25) is 0 Å². The SMILES string of the molecule is N#CCC#Cc1ccnc(C#N)c1. The van der Waals surface area contributed by atoms with Gasteiger partial charge in [0.2, 0.25) is 0 Å². The summed E-state index contributed by atoms with van der Waals surface area (Å²) >= 11 is 0. The predicted octanol–water partition coefficient (Wildman–Crippen LogP) is 1.22. The Labute approximate surface area is 76.3 Å². The molecule has 1 heterocycles. The molecule has 0 saturated carbocycles. The second kappa shape index (κ2) is 4.54. The van der Waals surface area contributed by atoms with Crippen molar-refractivity contribution >= 4 is 0 Å². The number of nitrogens with zero attached hydrogens (tertiary/aromatic N) is 3. The van der Waals surface area contributed by atoms with Gasteiger partial charge in [0.1, 0.15) is 11.8 Å². The lowest BCUT2D eigenvalue weighted by Crippen LogP contribution is -1.82. The van der Waals surface area contributed by atoms with E-state index in [2.05, 4.69) is 16.8 Å². The average Bonchev–Trinajstić information content (AvgIpc) is 2.19. The van der Waals surface area contributed by atoms with Gasteiger partial charge < -0.3 is 0 Å². The van der Waals surface area contributed by atoms with Crippen LogP contribution in [-0.2, 0) is 0 Å². The second-order valence-electron chi connectivity index (χ2n) is 2.18. The van der Waals surface area contributed by atoms with Gasteiger partial charge in [-0.2, -0.15) is 10.5 Å². The van der Waals surface area contributed by atoms with Crippen molar-refractivity contribution in [3.8, 4) is 24.0 Å². The Balaban J connectivity index is 2.88. The van der Waals surface area contributed by atoms with E-state index in [1.165, 1.54) is 6.20 Å². The molecule has 60 valence electrons. The minimum atomic E-state index is 0.199. The Kier molecular flexibility index (Phi) is 3.07. The van der Waals surface area contributed by atoms with Crippen molar-refractivity contribution in [3.63, 3.8) is 0 Å². The zero-order valence-electron chi connectivity index (χ0n) is 6.78. The van der Waals surface area contributed by atoms with Crippen LogP contribution < -0.4 is 0 Å². The van der Waals surface area contributed by atoms with Crippen molar-refractivity contribution in [2.45, 2.75) is 6.42 Å². The average molecular weight is 167 g/mol. The number of hydrogen-bond donors (Lipinski definition) is 0. The van der Waals surface area contributed by atoms with E-state index in [1.54, 1.807) is 12.1 Å². The molecule has 3 nitrogen and oxygen atoms in total. The van der Waals surface area contributed by atoms with Gasteiger partial charge in [0, 0.05) is 11.8 Å². The fraction of sp³-hybridized carbons (Fsp3) is 0.100. The highest BCUT2D eigenvalue weighted by Crippen LogP contribution is 1.98. The molecule has 1 aromatic heterocycles. The summed E-state index contributed by atoms with van der Waals surface area (Å²) in [5.41, 5.74) is 1.05. The Morgan fingerprint density at radius 3 is 2.92 bits per heavy atom. The molecule has 13 heavy (non-hydrogen) atoms. The molecule has 1 rings (SSSR count). The molecular formula is C10H5N3. The van der Waals surface area contributed by atoms with Crippen LogP contribution in [0.1, 0.15) is 17.7 Å². The number of pyridine rings is 1. The molecule has 0 amide bonds. The van der Waals surface area contributed by atoms with Crippen molar-refractivity contribution in [1.82, 2.24) is 4.98 Å². The van der Waals surface area contributed by atoms with Gasteiger partial charge in [0.15, 0.2) is 0 Å². The maximum absolute atomic E-state index is 8.52. The Morgan fingerprint density at radius 1 is 1.38 bits per heavy atom. The smallest absolute Gasteiger partial charge is 0.141 e. The number of rotatable bonds is 0. The highest BCUT2D eigenvalue weighted by Gasteiger charge is 1.91. The second-order valence-corrected chi connectivity index (χ2v) is 2.18. The first kappa shape index (κ1) is 8.78. The lowest BCUT2D eigenvalue weighted by Gasteiger charge is -1.88. The van der Waals surface area contributed by atoms with Gasteiger partial charge in [-0.25, -0.2) is 4.98 Å². The largest absolute Gasteiger partial charge is 0.245 e. The molecule has 0 aliphatic heterocycles. The maximum Gasteiger partial charge on any atom is 0.141 e. The van der Waals surface area contributed by atoms with Crippen LogP contribution in [0.2, 0.25) is 0 Å². The topological polar surface area (TPSA) is 60.5 Å². The number of hydrogen-bond acceptors (Lipinski definition) is 3. The normalized spacial score (nSPS) is 7.54. The van der Waals surface area contributed by atoms with E-state index >= 15 is 0 Å². The minimum Gasteiger partial charge on any atom is -0.245 e. The summed E-state index contributed by atoms with van der Waals surface area (Å²) in [6.07, 6.45) is 1.72. The van der Waals surface area contributed by atoms with Crippen LogP contribution in [0.15, 0.2) is 18.3 Å². The monoisotopic (exact) mass is 167 g/mol. The third-order valence-electron chi connectivity index (χ3n) is 1.27. The van der Waals surface area contributed by atoms with E-state index in [9.17, 15) is 0 Å². The summed E-state index contributed by atoms with van der Waals surface area (Å²) in [6.45, 7) is 0. The van der Waals surface area contributed by atoms with Crippen molar-refractivity contribution in [2.24, 2.45) is 0 Å². The summed E-state index contributed by atoms with van der Waals surface area (Å²) in [6, 6.07) is 7.11. The molecule has 0 unspecified atom stereocenters. The molecule has 0 atom stereocenters. The van der Waals surface area contributed by atoms with Gasteiger partial charge in [0.25, 0.3) is 0 Å². The van der Waals surface area contributed by atoms with E-state index < -0.39 is 0 Å². The van der Waals surface area contributed by atoms with E-state index in [1.807, 2.05) is 12.1 Å². The first-order chi connectivity index (χ1) is 6.36. The van der Waals surface area contributed by atoms with Crippen LogP contribution in [0.4, 0.5) is 0 Å². The molecule has 0 radical (unpaired) electrons. The van der Waals surface area contributed by atoms with Crippen molar-refractivity contribution in [1.29, 1.82) is 10.5 Å². The molecule has 0 spiro atoms. The molecule has 3 heteroatoms. The third-order valence-corrected chi connectivity index (χ3v) is 1.27. The lowest BCUT2D eigenvalue weighted by molar-refractivity contribution is 1.26. The maximum atomic E-state index is 8.52. The van der Waals surface area contributed by atoms with Crippen LogP contribution in [-0.4, -0.2) is 4.98 Å². The van der Waals surface area contributed by atoms with Gasteiger partial charge in [-0.15, -0.1) is 0 Å². The zero-order chi connectivity index (χ0) is 9.52. The molecular weight excluding hydrogens is 162 g/mol. The van der Waals surface area contributed by atoms with E-state index in [0.29, 0.717) is 11.3 Å². The van der Waals surface area contributed by atoms with E-state index in [0.717, 1.165) is 0 Å². The lowest BCUT2D eigenvalue weighted by atomic mass is 10.2.